The molecule has 1 aromatic carbocycles. The minimum Gasteiger partial charge on any atom is -0.374 e. The molecule has 2 N–H and O–H groups in total. The van der Waals surface area contributed by atoms with Crippen molar-refractivity contribution in [3.05, 3.63) is 29.8 Å². The number of sulfonamides is 1. The van der Waals surface area contributed by atoms with Gasteiger partial charge in [-0.15, -0.1) is 0 Å². The summed E-state index contributed by atoms with van der Waals surface area (Å²) in [5.74, 6) is -1.93. The van der Waals surface area contributed by atoms with Crippen molar-refractivity contribution in [2.24, 2.45) is 5.73 Å². The molecule has 2 unspecified atom stereocenters. The molecular formula is C12H16F2N2O3S. The van der Waals surface area contributed by atoms with Crippen molar-refractivity contribution < 1.29 is 21.9 Å². The van der Waals surface area contributed by atoms with Gasteiger partial charge in [0.15, 0.2) is 0 Å². The quantitative estimate of drug-likeness (QED) is 0.892. The van der Waals surface area contributed by atoms with Gasteiger partial charge in [-0.2, -0.15) is 4.31 Å². The van der Waals surface area contributed by atoms with Gasteiger partial charge in [0.2, 0.25) is 10.0 Å². The molecule has 0 radical (unpaired) electrons. The summed E-state index contributed by atoms with van der Waals surface area (Å²) in [6.45, 7) is 2.06. The molecule has 0 spiro atoms. The largest absolute Gasteiger partial charge is 0.374 e. The molecule has 0 saturated carbocycles. The van der Waals surface area contributed by atoms with Gasteiger partial charge < -0.3 is 10.5 Å². The van der Waals surface area contributed by atoms with E-state index >= 15 is 0 Å². The van der Waals surface area contributed by atoms with Gasteiger partial charge in [0.05, 0.1) is 12.7 Å². The normalized spacial score (nSPS) is 22.7. The highest BCUT2D eigenvalue weighted by molar-refractivity contribution is 7.89. The summed E-state index contributed by atoms with van der Waals surface area (Å²) in [4.78, 5) is -0.538. The van der Waals surface area contributed by atoms with E-state index in [2.05, 4.69) is 0 Å². The first-order chi connectivity index (χ1) is 9.32. The predicted octanol–water partition coefficient (Wildman–Crippen LogP) is 0.702. The Bertz CT molecular complexity index is 592. The maximum Gasteiger partial charge on any atom is 0.246 e. The summed E-state index contributed by atoms with van der Waals surface area (Å²) in [7, 11) is -4.02. The van der Waals surface area contributed by atoms with E-state index in [-0.39, 0.29) is 25.7 Å². The Morgan fingerprint density at radius 2 is 2.15 bits per heavy atom. The number of ether oxygens (including phenoxy) is 1. The van der Waals surface area contributed by atoms with Crippen LogP contribution >= 0.6 is 0 Å². The van der Waals surface area contributed by atoms with Crippen LogP contribution in [0.15, 0.2) is 23.1 Å². The molecule has 1 aliphatic rings. The summed E-state index contributed by atoms with van der Waals surface area (Å²) >= 11 is 0. The second-order valence-corrected chi connectivity index (χ2v) is 6.61. The number of rotatable bonds is 3. The van der Waals surface area contributed by atoms with E-state index in [1.807, 2.05) is 0 Å². The van der Waals surface area contributed by atoms with Gasteiger partial charge in [0.25, 0.3) is 0 Å². The Kier molecular flexibility index (Phi) is 4.38. The van der Waals surface area contributed by atoms with E-state index in [0.29, 0.717) is 6.07 Å². The van der Waals surface area contributed by atoms with Gasteiger partial charge in [-0.3, -0.25) is 0 Å². The van der Waals surface area contributed by atoms with Crippen molar-refractivity contribution in [2.45, 2.75) is 24.0 Å². The molecule has 2 rings (SSSR count). The van der Waals surface area contributed by atoms with Gasteiger partial charge in [-0.05, 0) is 19.1 Å². The van der Waals surface area contributed by atoms with Gasteiger partial charge in [0, 0.05) is 25.2 Å². The number of morpholine rings is 1. The average Bonchev–Trinajstić information content (AvgIpc) is 2.38. The molecule has 0 aromatic heterocycles. The number of nitrogens with two attached hydrogens (primary N) is 1. The molecule has 112 valence electrons. The van der Waals surface area contributed by atoms with Crippen molar-refractivity contribution in [2.75, 3.05) is 19.7 Å². The summed E-state index contributed by atoms with van der Waals surface area (Å²) in [5, 5.41) is 0. The average molecular weight is 306 g/mol. The first-order valence-electron chi connectivity index (χ1n) is 6.15. The van der Waals surface area contributed by atoms with Crippen molar-refractivity contribution >= 4 is 10.0 Å². The molecule has 2 atom stereocenters. The van der Waals surface area contributed by atoms with Gasteiger partial charge in [-0.1, -0.05) is 0 Å². The Hall–Kier alpha value is -1.09. The molecule has 1 fully saturated rings. The molecule has 5 nitrogen and oxygen atoms in total. The fraction of sp³-hybridized carbons (Fsp3) is 0.500. The summed E-state index contributed by atoms with van der Waals surface area (Å²) in [6.07, 6.45) is -0.443. The lowest BCUT2D eigenvalue weighted by Crippen LogP contribution is -2.51. The topological polar surface area (TPSA) is 72.6 Å². The van der Waals surface area contributed by atoms with E-state index in [9.17, 15) is 17.2 Å². The smallest absolute Gasteiger partial charge is 0.246 e. The van der Waals surface area contributed by atoms with E-state index < -0.39 is 32.7 Å². The zero-order valence-corrected chi connectivity index (χ0v) is 11.7. The Labute approximate surface area is 116 Å². The molecule has 0 aliphatic carbocycles. The van der Waals surface area contributed by atoms with Gasteiger partial charge in [-0.25, -0.2) is 17.2 Å². The third-order valence-electron chi connectivity index (χ3n) is 3.15. The second kappa shape index (κ2) is 5.72. The van der Waals surface area contributed by atoms with Crippen LogP contribution in [0.2, 0.25) is 0 Å². The fourth-order valence-electron chi connectivity index (χ4n) is 2.01. The number of benzene rings is 1. The highest BCUT2D eigenvalue weighted by atomic mass is 32.2. The van der Waals surface area contributed by atoms with Crippen molar-refractivity contribution in [1.82, 2.24) is 4.31 Å². The highest BCUT2D eigenvalue weighted by Gasteiger charge is 2.33. The number of nitrogens with zero attached hydrogens (tertiary/aromatic N) is 1. The van der Waals surface area contributed by atoms with Gasteiger partial charge >= 0.3 is 0 Å². The van der Waals surface area contributed by atoms with Crippen LogP contribution in [0.1, 0.15) is 6.92 Å². The van der Waals surface area contributed by atoms with Crippen LogP contribution in [0.25, 0.3) is 0 Å². The Balaban J connectivity index is 2.30. The molecule has 0 amide bonds. The third kappa shape index (κ3) is 2.98. The molecule has 1 saturated heterocycles. The SMILES string of the molecule is CC(N)C1CN(S(=O)(=O)c2ccc(F)cc2F)CCO1. The summed E-state index contributed by atoms with van der Waals surface area (Å²) in [5.41, 5.74) is 5.69. The fourth-order valence-corrected chi connectivity index (χ4v) is 3.49. The standard InChI is InChI=1S/C12H16F2N2O3S/c1-8(15)11-7-16(4-5-19-11)20(17,18)12-3-2-9(13)6-10(12)14/h2-3,6,8,11H,4-5,7,15H2,1H3. The lowest BCUT2D eigenvalue weighted by Gasteiger charge is -2.33. The first kappa shape index (κ1) is 15.3. The molecule has 1 heterocycles. The van der Waals surface area contributed by atoms with E-state index in [0.717, 1.165) is 16.4 Å². The zero-order valence-electron chi connectivity index (χ0n) is 10.9. The first-order valence-corrected chi connectivity index (χ1v) is 7.59. The molecular weight excluding hydrogens is 290 g/mol. The summed E-state index contributed by atoms with van der Waals surface area (Å²) < 4.78 is 57.7. The van der Waals surface area contributed by atoms with Crippen molar-refractivity contribution in [3.8, 4) is 0 Å². The Morgan fingerprint density at radius 3 is 2.75 bits per heavy atom. The van der Waals surface area contributed by atoms with Crippen LogP contribution < -0.4 is 5.73 Å². The minimum atomic E-state index is -4.02. The maximum atomic E-state index is 13.7. The van der Waals surface area contributed by atoms with E-state index in [4.69, 9.17) is 10.5 Å². The number of halogens is 2. The molecule has 1 aromatic rings. The van der Waals surface area contributed by atoms with Crippen LogP contribution in [-0.2, 0) is 14.8 Å². The van der Waals surface area contributed by atoms with Crippen molar-refractivity contribution in [1.29, 1.82) is 0 Å². The molecule has 0 bridgehead atoms. The van der Waals surface area contributed by atoms with Crippen LogP contribution in [0, 0.1) is 11.6 Å². The van der Waals surface area contributed by atoms with E-state index in [1.54, 1.807) is 6.92 Å². The second-order valence-electron chi connectivity index (χ2n) is 4.71. The maximum absolute atomic E-state index is 13.7. The highest BCUT2D eigenvalue weighted by Crippen LogP contribution is 2.22. The van der Waals surface area contributed by atoms with Crippen LogP contribution in [0.4, 0.5) is 8.78 Å². The zero-order chi connectivity index (χ0) is 14.9. The molecule has 20 heavy (non-hydrogen) atoms. The number of hydrogen-bond acceptors (Lipinski definition) is 4. The van der Waals surface area contributed by atoms with Crippen molar-refractivity contribution in [3.63, 3.8) is 0 Å². The molecule has 8 heteroatoms. The molecule has 1 aliphatic heterocycles. The minimum absolute atomic E-state index is 0.0524. The predicted molar refractivity (Wildman–Crippen MR) is 68.5 cm³/mol. The monoisotopic (exact) mass is 306 g/mol. The lowest BCUT2D eigenvalue weighted by atomic mass is 10.2. The van der Waals surface area contributed by atoms with Crippen LogP contribution in [0.3, 0.4) is 0 Å². The Morgan fingerprint density at radius 1 is 1.45 bits per heavy atom. The lowest BCUT2D eigenvalue weighted by molar-refractivity contribution is -0.0120. The van der Waals surface area contributed by atoms with Crippen LogP contribution in [0.5, 0.6) is 0 Å². The van der Waals surface area contributed by atoms with Gasteiger partial charge in [0.1, 0.15) is 16.5 Å². The summed E-state index contributed by atoms with van der Waals surface area (Å²) in [6, 6.07) is 2.05. The number of hydrogen-bond donors (Lipinski definition) is 1. The van der Waals surface area contributed by atoms with Crippen LogP contribution in [-0.4, -0.2) is 44.6 Å². The van der Waals surface area contributed by atoms with E-state index in [1.165, 1.54) is 0 Å². The third-order valence-corrected chi connectivity index (χ3v) is 5.05.